The summed E-state index contributed by atoms with van der Waals surface area (Å²) in [6.07, 6.45) is 1.03. The minimum absolute atomic E-state index is 0.384. The Morgan fingerprint density at radius 2 is 2.19 bits per heavy atom. The quantitative estimate of drug-likeness (QED) is 0.804. The van der Waals surface area contributed by atoms with Gasteiger partial charge in [0.2, 0.25) is 0 Å². The summed E-state index contributed by atoms with van der Waals surface area (Å²) in [5.41, 5.74) is 0.130. The lowest BCUT2D eigenvalue weighted by Crippen LogP contribution is -2.41. The summed E-state index contributed by atoms with van der Waals surface area (Å²) < 4.78 is 5.28. The summed E-state index contributed by atoms with van der Waals surface area (Å²) >= 11 is 0. The average molecular weight is 221 g/mol. The maximum Gasteiger partial charge on any atom is 0.0992 e. The Hall–Kier alpha value is -0.900. The van der Waals surface area contributed by atoms with E-state index in [2.05, 4.69) is 5.32 Å². The van der Waals surface area contributed by atoms with Crippen molar-refractivity contribution in [3.05, 3.63) is 35.9 Å². The second-order valence-electron chi connectivity index (χ2n) is 4.58. The number of benzene rings is 1. The first-order valence-corrected chi connectivity index (χ1v) is 5.77. The zero-order valence-corrected chi connectivity index (χ0v) is 9.65. The largest absolute Gasteiger partial charge is 0.384 e. The molecule has 0 aromatic heterocycles. The highest BCUT2D eigenvalue weighted by Gasteiger charge is 2.25. The molecule has 88 valence electrons. The van der Waals surface area contributed by atoms with Gasteiger partial charge in [-0.15, -0.1) is 0 Å². The molecule has 2 atom stereocenters. The number of ether oxygens (including phenoxy) is 1. The lowest BCUT2D eigenvalue weighted by Gasteiger charge is -2.26. The van der Waals surface area contributed by atoms with Crippen LogP contribution in [0.1, 0.15) is 18.9 Å². The Labute approximate surface area is 96.4 Å². The van der Waals surface area contributed by atoms with E-state index in [1.54, 1.807) is 0 Å². The molecule has 2 unspecified atom stereocenters. The zero-order chi connectivity index (χ0) is 11.4. The van der Waals surface area contributed by atoms with Crippen LogP contribution in [0.5, 0.6) is 0 Å². The van der Waals surface area contributed by atoms with Crippen LogP contribution in [0.2, 0.25) is 0 Å². The molecule has 2 N–H and O–H groups in total. The van der Waals surface area contributed by atoms with Crippen molar-refractivity contribution in [3.8, 4) is 0 Å². The molecule has 1 aromatic carbocycles. The van der Waals surface area contributed by atoms with Crippen molar-refractivity contribution in [2.45, 2.75) is 25.0 Å². The molecule has 0 amide bonds. The minimum Gasteiger partial charge on any atom is -0.384 e. The topological polar surface area (TPSA) is 41.5 Å². The zero-order valence-electron chi connectivity index (χ0n) is 9.65. The molecule has 0 spiro atoms. The Kier molecular flexibility index (Phi) is 3.59. The van der Waals surface area contributed by atoms with Gasteiger partial charge in [-0.05, 0) is 18.9 Å². The van der Waals surface area contributed by atoms with Gasteiger partial charge in [0.25, 0.3) is 0 Å². The smallest absolute Gasteiger partial charge is 0.0992 e. The Morgan fingerprint density at radius 1 is 1.44 bits per heavy atom. The van der Waals surface area contributed by atoms with Crippen LogP contribution in [0, 0.1) is 0 Å². The number of hydrogen-bond donors (Lipinski definition) is 2. The fourth-order valence-corrected chi connectivity index (χ4v) is 1.94. The van der Waals surface area contributed by atoms with Crippen LogP contribution in [0.15, 0.2) is 30.3 Å². The summed E-state index contributed by atoms with van der Waals surface area (Å²) in [6.45, 7) is 3.98. The molecule has 1 fully saturated rings. The summed E-state index contributed by atoms with van der Waals surface area (Å²) in [4.78, 5) is 0. The third-order valence-corrected chi connectivity index (χ3v) is 3.06. The van der Waals surface area contributed by atoms with Gasteiger partial charge in [-0.3, -0.25) is 0 Å². The van der Waals surface area contributed by atoms with Gasteiger partial charge in [0.1, 0.15) is 0 Å². The molecule has 0 radical (unpaired) electrons. The Balaban J connectivity index is 1.92. The van der Waals surface area contributed by atoms with E-state index in [0.29, 0.717) is 12.6 Å². The van der Waals surface area contributed by atoms with Crippen LogP contribution in [-0.4, -0.2) is 30.9 Å². The lowest BCUT2D eigenvalue weighted by molar-refractivity contribution is 0.0531. The fourth-order valence-electron chi connectivity index (χ4n) is 1.94. The highest BCUT2D eigenvalue weighted by molar-refractivity contribution is 5.21. The first kappa shape index (κ1) is 11.6. The van der Waals surface area contributed by atoms with E-state index in [-0.39, 0.29) is 0 Å². The van der Waals surface area contributed by atoms with E-state index in [1.807, 2.05) is 37.3 Å². The fraction of sp³-hybridized carbons (Fsp3) is 0.538. The molecule has 3 nitrogen and oxygen atoms in total. The van der Waals surface area contributed by atoms with Crippen molar-refractivity contribution in [3.63, 3.8) is 0 Å². The van der Waals surface area contributed by atoms with Gasteiger partial charge < -0.3 is 15.2 Å². The van der Waals surface area contributed by atoms with Gasteiger partial charge in [0.15, 0.2) is 0 Å². The highest BCUT2D eigenvalue weighted by Crippen LogP contribution is 2.19. The first-order valence-electron chi connectivity index (χ1n) is 5.77. The summed E-state index contributed by atoms with van der Waals surface area (Å²) in [5.74, 6) is 0. The van der Waals surface area contributed by atoms with Gasteiger partial charge in [0, 0.05) is 19.2 Å². The Bertz CT molecular complexity index is 318. The average Bonchev–Trinajstić information content (AvgIpc) is 2.81. The number of rotatable bonds is 4. The van der Waals surface area contributed by atoms with Crippen LogP contribution < -0.4 is 5.32 Å². The number of nitrogens with one attached hydrogen (secondary N) is 1. The molecule has 1 aromatic rings. The monoisotopic (exact) mass is 221 g/mol. The molecule has 0 saturated carbocycles. The van der Waals surface area contributed by atoms with Crippen molar-refractivity contribution in [2.24, 2.45) is 0 Å². The van der Waals surface area contributed by atoms with Crippen LogP contribution in [0.3, 0.4) is 0 Å². The standard InChI is InChI=1S/C13H19NO2/c1-13(15,11-5-3-2-4-6-11)10-14-12-7-8-16-9-12/h2-6,12,14-15H,7-10H2,1H3. The third-order valence-electron chi connectivity index (χ3n) is 3.06. The van der Waals surface area contributed by atoms with Gasteiger partial charge in [-0.1, -0.05) is 30.3 Å². The molecular formula is C13H19NO2. The van der Waals surface area contributed by atoms with Gasteiger partial charge in [-0.25, -0.2) is 0 Å². The molecule has 16 heavy (non-hydrogen) atoms. The van der Waals surface area contributed by atoms with E-state index in [1.165, 1.54) is 0 Å². The van der Waals surface area contributed by atoms with E-state index in [0.717, 1.165) is 25.2 Å². The third kappa shape index (κ3) is 2.82. The molecular weight excluding hydrogens is 202 g/mol. The highest BCUT2D eigenvalue weighted by atomic mass is 16.5. The van der Waals surface area contributed by atoms with Crippen LogP contribution in [0.25, 0.3) is 0 Å². The molecule has 1 aliphatic heterocycles. The SMILES string of the molecule is CC(O)(CNC1CCOC1)c1ccccc1. The molecule has 1 heterocycles. The molecule has 2 rings (SSSR count). The lowest BCUT2D eigenvalue weighted by atomic mass is 9.96. The second kappa shape index (κ2) is 4.95. The van der Waals surface area contributed by atoms with E-state index < -0.39 is 5.60 Å². The maximum absolute atomic E-state index is 10.3. The van der Waals surface area contributed by atoms with Crippen LogP contribution in [0.4, 0.5) is 0 Å². The minimum atomic E-state index is -0.816. The number of hydrogen-bond acceptors (Lipinski definition) is 3. The summed E-state index contributed by atoms with van der Waals surface area (Å²) in [5, 5.41) is 13.7. The second-order valence-corrected chi connectivity index (χ2v) is 4.58. The maximum atomic E-state index is 10.3. The van der Waals surface area contributed by atoms with Gasteiger partial charge in [0.05, 0.1) is 12.2 Å². The van der Waals surface area contributed by atoms with E-state index >= 15 is 0 Å². The Morgan fingerprint density at radius 3 is 2.81 bits per heavy atom. The molecule has 1 saturated heterocycles. The predicted molar refractivity (Wildman–Crippen MR) is 63.2 cm³/mol. The van der Waals surface area contributed by atoms with Crippen molar-refractivity contribution < 1.29 is 9.84 Å². The van der Waals surface area contributed by atoms with Crippen LogP contribution >= 0.6 is 0 Å². The van der Waals surface area contributed by atoms with Crippen molar-refractivity contribution in [1.82, 2.24) is 5.32 Å². The predicted octanol–water partition coefficient (Wildman–Crippen LogP) is 1.27. The van der Waals surface area contributed by atoms with Crippen molar-refractivity contribution in [1.29, 1.82) is 0 Å². The molecule has 0 aliphatic carbocycles. The molecule has 1 aliphatic rings. The van der Waals surface area contributed by atoms with Crippen molar-refractivity contribution >= 4 is 0 Å². The van der Waals surface area contributed by atoms with E-state index in [9.17, 15) is 5.11 Å². The summed E-state index contributed by atoms with van der Waals surface area (Å²) in [7, 11) is 0. The molecule has 0 bridgehead atoms. The molecule has 3 heteroatoms. The summed E-state index contributed by atoms with van der Waals surface area (Å²) in [6, 6.07) is 10.1. The van der Waals surface area contributed by atoms with Crippen molar-refractivity contribution in [2.75, 3.05) is 19.8 Å². The number of aliphatic hydroxyl groups is 1. The van der Waals surface area contributed by atoms with Gasteiger partial charge in [-0.2, -0.15) is 0 Å². The first-order chi connectivity index (χ1) is 7.68. The van der Waals surface area contributed by atoms with Crippen LogP contribution in [-0.2, 0) is 10.3 Å². The normalized spacial score (nSPS) is 24.2. The van der Waals surface area contributed by atoms with E-state index in [4.69, 9.17) is 4.74 Å². The van der Waals surface area contributed by atoms with Gasteiger partial charge >= 0.3 is 0 Å².